The highest BCUT2D eigenvalue weighted by atomic mass is 16.2. The van der Waals surface area contributed by atoms with E-state index in [1.807, 2.05) is 123 Å². The van der Waals surface area contributed by atoms with Gasteiger partial charge in [0.15, 0.2) is 0 Å². The van der Waals surface area contributed by atoms with Crippen molar-refractivity contribution < 1.29 is 9.59 Å². The van der Waals surface area contributed by atoms with Gasteiger partial charge in [0.05, 0.1) is 33.5 Å². The van der Waals surface area contributed by atoms with Crippen molar-refractivity contribution >= 4 is 45.3 Å². The molecule has 0 spiro atoms. The van der Waals surface area contributed by atoms with E-state index in [9.17, 15) is 9.59 Å². The van der Waals surface area contributed by atoms with Gasteiger partial charge >= 0.3 is 0 Å². The van der Waals surface area contributed by atoms with Gasteiger partial charge in [-0.25, -0.2) is 15.0 Å². The highest BCUT2D eigenvalue weighted by molar-refractivity contribution is 6.15. The van der Waals surface area contributed by atoms with Gasteiger partial charge in [0.2, 0.25) is 0 Å². The highest BCUT2D eigenvalue weighted by Crippen LogP contribution is 2.32. The van der Waals surface area contributed by atoms with Crippen LogP contribution in [0.5, 0.6) is 0 Å². The maximum atomic E-state index is 13.9. The van der Waals surface area contributed by atoms with Crippen molar-refractivity contribution in [3.8, 4) is 22.5 Å². The van der Waals surface area contributed by atoms with E-state index in [0.29, 0.717) is 22.8 Å². The predicted molar refractivity (Wildman–Crippen MR) is 184 cm³/mol. The summed E-state index contributed by atoms with van der Waals surface area (Å²) < 4.78 is 0. The van der Waals surface area contributed by atoms with Gasteiger partial charge in [-0.15, -0.1) is 0 Å². The molecule has 0 aliphatic carbocycles. The lowest BCUT2D eigenvalue weighted by molar-refractivity contribution is 0.102. The predicted octanol–water partition coefficient (Wildman–Crippen LogP) is 8.63. The van der Waals surface area contributed by atoms with Gasteiger partial charge in [-0.05, 0) is 49.2 Å². The van der Waals surface area contributed by atoms with Crippen LogP contribution in [0.1, 0.15) is 31.8 Å². The standard InChI is InChI=1S/C39H29N5O2/c1-24-34(28-18-9-11-20-30(28)40-36(24)26-14-5-3-6-15-26)38(45)43-32-22-13-23-33(42-32)44-39(46)35-25(2)37(27-16-7-4-8-17-27)41-31-21-12-10-19-29(31)35/h3-23H,1-2H3,(H2,42,43,44,45,46). The second-order valence-electron chi connectivity index (χ2n) is 11.0. The van der Waals surface area contributed by atoms with Gasteiger partial charge < -0.3 is 10.6 Å². The Hall–Kier alpha value is -6.21. The van der Waals surface area contributed by atoms with Crippen LogP contribution >= 0.6 is 0 Å². The first kappa shape index (κ1) is 28.6. The van der Waals surface area contributed by atoms with Crippen molar-refractivity contribution in [1.82, 2.24) is 15.0 Å². The molecule has 7 heteroatoms. The topological polar surface area (TPSA) is 96.9 Å². The van der Waals surface area contributed by atoms with Crippen LogP contribution in [0.3, 0.4) is 0 Å². The third-order valence-corrected chi connectivity index (χ3v) is 8.05. The number of rotatable bonds is 6. The van der Waals surface area contributed by atoms with E-state index in [1.54, 1.807) is 18.2 Å². The number of fused-ring (bicyclic) bond motifs is 2. The van der Waals surface area contributed by atoms with Crippen LogP contribution in [0, 0.1) is 13.8 Å². The smallest absolute Gasteiger partial charge is 0.257 e. The molecule has 3 aromatic heterocycles. The maximum Gasteiger partial charge on any atom is 0.257 e. The fourth-order valence-electron chi connectivity index (χ4n) is 5.89. The largest absolute Gasteiger partial charge is 0.306 e. The van der Waals surface area contributed by atoms with Crippen LogP contribution in [0.2, 0.25) is 0 Å². The Bertz CT molecular complexity index is 2110. The van der Waals surface area contributed by atoms with E-state index in [4.69, 9.17) is 9.97 Å². The van der Waals surface area contributed by atoms with Crippen molar-refractivity contribution in [2.75, 3.05) is 10.6 Å². The summed E-state index contributed by atoms with van der Waals surface area (Å²) in [6.07, 6.45) is 0. The molecule has 3 heterocycles. The number of nitrogens with one attached hydrogen (secondary N) is 2. The molecule has 0 saturated heterocycles. The van der Waals surface area contributed by atoms with Gasteiger partial charge in [0.1, 0.15) is 11.6 Å². The summed E-state index contributed by atoms with van der Waals surface area (Å²) in [6, 6.07) is 40.0. The SMILES string of the molecule is Cc1c(-c2ccccc2)nc2ccccc2c1C(=O)Nc1cccc(NC(=O)c2c(C)c(-c3ccccc3)nc3ccccc23)n1. The molecule has 0 bridgehead atoms. The zero-order valence-corrected chi connectivity index (χ0v) is 25.3. The van der Waals surface area contributed by atoms with E-state index < -0.39 is 0 Å². The number of nitrogens with zero attached hydrogens (tertiary/aromatic N) is 3. The van der Waals surface area contributed by atoms with E-state index in [0.717, 1.165) is 55.4 Å². The first-order valence-electron chi connectivity index (χ1n) is 15.0. The summed E-state index contributed by atoms with van der Waals surface area (Å²) in [5, 5.41) is 7.40. The monoisotopic (exact) mass is 599 g/mol. The Morgan fingerprint density at radius 2 is 0.848 bits per heavy atom. The zero-order chi connectivity index (χ0) is 31.6. The van der Waals surface area contributed by atoms with Crippen molar-refractivity contribution in [2.24, 2.45) is 0 Å². The number of benzene rings is 4. The fourth-order valence-corrected chi connectivity index (χ4v) is 5.89. The summed E-state index contributed by atoms with van der Waals surface area (Å²) in [4.78, 5) is 42.1. The third kappa shape index (κ3) is 5.35. The molecule has 0 atom stereocenters. The number of para-hydroxylation sites is 2. The van der Waals surface area contributed by atoms with Crippen LogP contribution in [-0.2, 0) is 0 Å². The minimum absolute atomic E-state index is 0.311. The average Bonchev–Trinajstić information content (AvgIpc) is 3.08. The number of hydrogen-bond donors (Lipinski definition) is 2. The van der Waals surface area contributed by atoms with Crippen LogP contribution < -0.4 is 10.6 Å². The van der Waals surface area contributed by atoms with Gasteiger partial charge in [0.25, 0.3) is 11.8 Å². The lowest BCUT2D eigenvalue weighted by Gasteiger charge is -2.16. The lowest BCUT2D eigenvalue weighted by Crippen LogP contribution is -2.18. The van der Waals surface area contributed by atoms with Crippen LogP contribution in [0.4, 0.5) is 11.6 Å². The molecule has 0 aliphatic rings. The molecule has 46 heavy (non-hydrogen) atoms. The molecular formula is C39H29N5O2. The van der Waals surface area contributed by atoms with Crippen LogP contribution in [0.15, 0.2) is 127 Å². The highest BCUT2D eigenvalue weighted by Gasteiger charge is 2.21. The first-order chi connectivity index (χ1) is 22.5. The molecule has 4 aromatic carbocycles. The van der Waals surface area contributed by atoms with E-state index in [2.05, 4.69) is 15.6 Å². The number of aromatic nitrogens is 3. The quantitative estimate of drug-likeness (QED) is 0.199. The van der Waals surface area contributed by atoms with Crippen molar-refractivity contribution in [2.45, 2.75) is 13.8 Å². The molecule has 7 aromatic rings. The first-order valence-corrected chi connectivity index (χ1v) is 15.0. The number of carbonyl (C=O) groups is 2. The molecule has 7 rings (SSSR count). The molecule has 0 unspecified atom stereocenters. The van der Waals surface area contributed by atoms with Crippen LogP contribution in [-0.4, -0.2) is 26.8 Å². The second-order valence-corrected chi connectivity index (χ2v) is 11.0. The molecule has 0 saturated carbocycles. The number of hydrogen-bond acceptors (Lipinski definition) is 5. The molecule has 222 valence electrons. The van der Waals surface area contributed by atoms with E-state index >= 15 is 0 Å². The van der Waals surface area contributed by atoms with E-state index in [1.165, 1.54) is 0 Å². The summed E-state index contributed by atoms with van der Waals surface area (Å²) in [5.74, 6) is -0.00302. The van der Waals surface area contributed by atoms with E-state index in [-0.39, 0.29) is 11.8 Å². The Morgan fingerprint density at radius 1 is 0.457 bits per heavy atom. The van der Waals surface area contributed by atoms with Crippen molar-refractivity contribution in [3.05, 3.63) is 150 Å². The number of amides is 2. The number of carbonyl (C=O) groups excluding carboxylic acids is 2. The Kier molecular flexibility index (Phi) is 7.48. The summed E-state index contributed by atoms with van der Waals surface area (Å²) in [5.41, 5.74) is 7.36. The van der Waals surface area contributed by atoms with Gasteiger partial charge in [0, 0.05) is 21.9 Å². The summed E-state index contributed by atoms with van der Waals surface area (Å²) in [6.45, 7) is 3.82. The third-order valence-electron chi connectivity index (χ3n) is 8.05. The summed E-state index contributed by atoms with van der Waals surface area (Å²) >= 11 is 0. The molecule has 7 nitrogen and oxygen atoms in total. The second kappa shape index (κ2) is 12.1. The molecular weight excluding hydrogens is 570 g/mol. The molecule has 0 aliphatic heterocycles. The van der Waals surface area contributed by atoms with Crippen molar-refractivity contribution in [3.63, 3.8) is 0 Å². The molecule has 0 radical (unpaired) electrons. The minimum atomic E-state index is -0.312. The Balaban J connectivity index is 1.21. The van der Waals surface area contributed by atoms with Gasteiger partial charge in [-0.1, -0.05) is 103 Å². The maximum absolute atomic E-state index is 13.9. The Morgan fingerprint density at radius 3 is 1.28 bits per heavy atom. The van der Waals surface area contributed by atoms with Crippen LogP contribution in [0.25, 0.3) is 44.3 Å². The zero-order valence-electron chi connectivity index (χ0n) is 25.3. The molecule has 2 amide bonds. The molecule has 0 fully saturated rings. The Labute approximate surface area is 266 Å². The van der Waals surface area contributed by atoms with Gasteiger partial charge in [-0.3, -0.25) is 9.59 Å². The normalized spacial score (nSPS) is 11.0. The van der Waals surface area contributed by atoms with Crippen molar-refractivity contribution in [1.29, 1.82) is 0 Å². The molecule has 2 N–H and O–H groups in total. The fraction of sp³-hybridized carbons (Fsp3) is 0.0513. The summed E-state index contributed by atoms with van der Waals surface area (Å²) in [7, 11) is 0. The lowest BCUT2D eigenvalue weighted by atomic mass is 9.97. The van der Waals surface area contributed by atoms with Gasteiger partial charge in [-0.2, -0.15) is 0 Å². The number of anilines is 2. The minimum Gasteiger partial charge on any atom is -0.306 e. The average molecular weight is 600 g/mol. The number of pyridine rings is 3.